The number of benzene rings is 2. The first-order valence-corrected chi connectivity index (χ1v) is 13.7. The lowest BCUT2D eigenvalue weighted by Gasteiger charge is -2.34. The number of imidazole rings is 1. The van der Waals surface area contributed by atoms with Gasteiger partial charge in [0.1, 0.15) is 5.82 Å². The zero-order chi connectivity index (χ0) is 27.4. The van der Waals surface area contributed by atoms with Crippen molar-refractivity contribution >= 4 is 39.7 Å². The third-order valence-corrected chi connectivity index (χ3v) is 8.70. The van der Waals surface area contributed by atoms with Gasteiger partial charge >= 0.3 is 12.1 Å². The second kappa shape index (κ2) is 9.63. The van der Waals surface area contributed by atoms with Crippen LogP contribution in [0.5, 0.6) is 5.88 Å². The number of hydrogen-bond acceptors (Lipinski definition) is 5. The lowest BCUT2D eigenvalue weighted by Crippen LogP contribution is -2.42. The number of carboxylic acid groups (broad SMARTS) is 1. The summed E-state index contributed by atoms with van der Waals surface area (Å²) in [6.45, 7) is 4.04. The van der Waals surface area contributed by atoms with E-state index in [0.29, 0.717) is 12.8 Å². The lowest BCUT2D eigenvalue weighted by atomic mass is 9.85. The fraction of sp³-hybridized carbons (Fsp3) is 0.433. The number of methoxy groups -OCH3 is 1. The molecule has 39 heavy (non-hydrogen) atoms. The fourth-order valence-electron chi connectivity index (χ4n) is 6.78. The third kappa shape index (κ3) is 4.02. The van der Waals surface area contributed by atoms with E-state index in [0.717, 1.165) is 64.7 Å². The molecule has 0 radical (unpaired) electrons. The van der Waals surface area contributed by atoms with Gasteiger partial charge in [-0.2, -0.15) is 0 Å². The van der Waals surface area contributed by atoms with E-state index in [1.807, 2.05) is 54.8 Å². The largest absolute Gasteiger partial charge is 0.494 e. The van der Waals surface area contributed by atoms with E-state index in [4.69, 9.17) is 9.72 Å². The molecule has 0 spiro atoms. The lowest BCUT2D eigenvalue weighted by molar-refractivity contribution is -0.143. The normalized spacial score (nSPS) is 22.1. The molecule has 2 aromatic carbocycles. The van der Waals surface area contributed by atoms with Gasteiger partial charge in [0.2, 0.25) is 0 Å². The van der Waals surface area contributed by atoms with Crippen molar-refractivity contribution in [1.82, 2.24) is 14.1 Å². The van der Waals surface area contributed by atoms with Gasteiger partial charge in [-0.1, -0.05) is 24.6 Å². The van der Waals surface area contributed by atoms with Gasteiger partial charge in [0.25, 0.3) is 0 Å². The number of fused-ring (bicyclic) bond motifs is 4. The summed E-state index contributed by atoms with van der Waals surface area (Å²) in [5.41, 5.74) is 4.46. The Hall–Kier alpha value is -4.01. The van der Waals surface area contributed by atoms with Crippen molar-refractivity contribution in [2.75, 3.05) is 12.0 Å². The van der Waals surface area contributed by atoms with Gasteiger partial charge in [-0.05, 0) is 64.2 Å². The smallest absolute Gasteiger partial charge is 0.414 e. The molecule has 4 atom stereocenters. The molecule has 1 aliphatic heterocycles. The Labute approximate surface area is 226 Å². The number of ether oxygens (including phenoxy) is 1. The minimum absolute atomic E-state index is 0.000680. The summed E-state index contributed by atoms with van der Waals surface area (Å²) in [4.78, 5) is 31.6. The van der Waals surface area contributed by atoms with E-state index in [1.165, 1.54) is 7.11 Å². The van der Waals surface area contributed by atoms with Gasteiger partial charge in [0, 0.05) is 29.1 Å². The molecule has 0 bridgehead atoms. The second-order valence-corrected chi connectivity index (χ2v) is 11.0. The molecule has 1 amide bonds. The SMILES string of the molecule is COC(=O)N1c2ccc3c(nc([C@@H](C)n4c(O)cc5ccccc54)n3[C@@H]3CCC[C@@H](C(=O)O)C3)c2CCC1C. The first-order valence-electron chi connectivity index (χ1n) is 13.7. The van der Waals surface area contributed by atoms with E-state index >= 15 is 0 Å². The molecule has 4 aromatic rings. The second-order valence-electron chi connectivity index (χ2n) is 11.0. The number of carboxylic acids is 1. The number of para-hydroxylation sites is 1. The molecule has 9 nitrogen and oxygen atoms in total. The van der Waals surface area contributed by atoms with Gasteiger partial charge in [0.05, 0.1) is 41.3 Å². The number of aliphatic carboxylic acids is 1. The number of aromatic hydroxyl groups is 1. The van der Waals surface area contributed by atoms with E-state index < -0.39 is 18.0 Å². The molecule has 1 aliphatic carbocycles. The van der Waals surface area contributed by atoms with E-state index in [2.05, 4.69) is 4.57 Å². The maximum atomic E-state index is 12.7. The molecule has 1 fully saturated rings. The van der Waals surface area contributed by atoms with Crippen LogP contribution < -0.4 is 4.90 Å². The number of nitrogens with zero attached hydrogens (tertiary/aromatic N) is 4. The highest BCUT2D eigenvalue weighted by molar-refractivity contribution is 5.95. The average molecular weight is 531 g/mol. The predicted molar refractivity (Wildman–Crippen MR) is 148 cm³/mol. The Balaban J connectivity index is 1.57. The molecule has 204 valence electrons. The van der Waals surface area contributed by atoms with E-state index in [1.54, 1.807) is 11.0 Å². The van der Waals surface area contributed by atoms with Crippen LogP contribution in [0, 0.1) is 5.92 Å². The maximum Gasteiger partial charge on any atom is 0.414 e. The summed E-state index contributed by atoms with van der Waals surface area (Å²) >= 11 is 0. The zero-order valence-electron chi connectivity index (χ0n) is 22.5. The Kier molecular flexibility index (Phi) is 6.24. The standard InChI is InChI=1S/C30H34N4O5/c1-17-11-12-22-24(32(17)30(38)39-3)13-14-25-27(22)31-28(34(25)21-9-6-8-20(15-21)29(36)37)18(2)33-23-10-5-4-7-19(23)16-26(33)35/h4-5,7,10,13-14,16-18,20-21,35H,6,8-9,11-12,15H2,1-3H3,(H,36,37)/t17?,18-,20-,21-/m1/s1. The minimum atomic E-state index is -0.757. The van der Waals surface area contributed by atoms with Crippen molar-refractivity contribution in [3.8, 4) is 5.88 Å². The third-order valence-electron chi connectivity index (χ3n) is 8.70. The molecule has 6 rings (SSSR count). The Morgan fingerprint density at radius 3 is 2.67 bits per heavy atom. The topological polar surface area (TPSA) is 110 Å². The predicted octanol–water partition coefficient (Wildman–Crippen LogP) is 6.03. The van der Waals surface area contributed by atoms with Gasteiger partial charge in [-0.15, -0.1) is 0 Å². The first-order chi connectivity index (χ1) is 18.8. The molecular weight excluding hydrogens is 496 g/mol. The van der Waals surface area contributed by atoms with Crippen molar-refractivity contribution in [3.05, 3.63) is 53.9 Å². The van der Waals surface area contributed by atoms with Gasteiger partial charge < -0.3 is 24.1 Å². The Bertz CT molecular complexity index is 1590. The monoisotopic (exact) mass is 530 g/mol. The quantitative estimate of drug-likeness (QED) is 0.333. The van der Waals surface area contributed by atoms with E-state index in [-0.39, 0.29) is 24.0 Å². The summed E-state index contributed by atoms with van der Waals surface area (Å²) < 4.78 is 9.20. The van der Waals surface area contributed by atoms with Crippen LogP contribution in [-0.2, 0) is 16.0 Å². The summed E-state index contributed by atoms with van der Waals surface area (Å²) in [5.74, 6) is -0.234. The van der Waals surface area contributed by atoms with Crippen molar-refractivity contribution in [1.29, 1.82) is 0 Å². The first kappa shape index (κ1) is 25.3. The minimum Gasteiger partial charge on any atom is -0.494 e. The fourth-order valence-corrected chi connectivity index (χ4v) is 6.78. The molecule has 2 N–H and O–H groups in total. The van der Waals surface area contributed by atoms with Gasteiger partial charge in [-0.3, -0.25) is 9.69 Å². The van der Waals surface area contributed by atoms with Crippen LogP contribution in [0.4, 0.5) is 10.5 Å². The molecule has 3 heterocycles. The van der Waals surface area contributed by atoms with Crippen LogP contribution in [0.1, 0.15) is 69.4 Å². The summed E-state index contributed by atoms with van der Waals surface area (Å²) in [6.07, 6.45) is 4.05. The number of amides is 1. The van der Waals surface area contributed by atoms with Crippen molar-refractivity contribution < 1.29 is 24.5 Å². The molecule has 1 saturated carbocycles. The summed E-state index contributed by atoms with van der Waals surface area (Å²) in [7, 11) is 1.40. The highest BCUT2D eigenvalue weighted by atomic mass is 16.5. The van der Waals surface area contributed by atoms with Crippen LogP contribution in [0.15, 0.2) is 42.5 Å². The Morgan fingerprint density at radius 2 is 1.90 bits per heavy atom. The highest BCUT2D eigenvalue weighted by Gasteiger charge is 2.35. The van der Waals surface area contributed by atoms with Crippen LogP contribution >= 0.6 is 0 Å². The average Bonchev–Trinajstić information content (AvgIpc) is 3.49. The van der Waals surface area contributed by atoms with Gasteiger partial charge in [0.15, 0.2) is 5.88 Å². The Morgan fingerprint density at radius 1 is 1.10 bits per heavy atom. The van der Waals surface area contributed by atoms with Crippen molar-refractivity contribution in [2.24, 2.45) is 5.92 Å². The summed E-state index contributed by atoms with van der Waals surface area (Å²) in [6, 6.07) is 13.2. The van der Waals surface area contributed by atoms with Gasteiger partial charge in [-0.25, -0.2) is 9.78 Å². The molecule has 9 heteroatoms. The number of rotatable bonds is 4. The van der Waals surface area contributed by atoms with Crippen molar-refractivity contribution in [3.63, 3.8) is 0 Å². The zero-order valence-corrected chi connectivity index (χ0v) is 22.5. The number of carbonyl (C=O) groups excluding carboxylic acids is 1. The van der Waals surface area contributed by atoms with E-state index in [9.17, 15) is 19.8 Å². The number of carbonyl (C=O) groups is 2. The number of aromatic nitrogens is 3. The highest BCUT2D eigenvalue weighted by Crippen LogP contribution is 2.43. The summed E-state index contributed by atoms with van der Waals surface area (Å²) in [5, 5.41) is 21.8. The number of anilines is 1. The van der Waals surface area contributed by atoms with Crippen molar-refractivity contribution in [2.45, 2.75) is 70.5 Å². The molecular formula is C30H34N4O5. The van der Waals surface area contributed by atoms with Crippen LogP contribution in [0.2, 0.25) is 0 Å². The molecule has 0 saturated heterocycles. The molecule has 2 aliphatic rings. The van der Waals surface area contributed by atoms with Crippen LogP contribution in [0.25, 0.3) is 21.9 Å². The number of hydrogen-bond donors (Lipinski definition) is 2. The molecule has 2 aromatic heterocycles. The van der Waals surface area contributed by atoms with Crippen LogP contribution in [-0.4, -0.2) is 49.5 Å². The maximum absolute atomic E-state index is 12.7. The molecule has 1 unspecified atom stereocenters. The number of aryl methyl sites for hydroxylation is 1. The van der Waals surface area contributed by atoms with Crippen LogP contribution in [0.3, 0.4) is 0 Å².